The first-order valence-corrected chi connectivity index (χ1v) is 8.21. The topological polar surface area (TPSA) is 57.6 Å². The van der Waals surface area contributed by atoms with Crippen LogP contribution in [0, 0.1) is 0 Å². The highest BCUT2D eigenvalue weighted by Gasteiger charge is 2.25. The van der Waals surface area contributed by atoms with Crippen LogP contribution in [0.3, 0.4) is 0 Å². The van der Waals surface area contributed by atoms with Crippen molar-refractivity contribution in [3.05, 3.63) is 29.3 Å². The Bertz CT molecular complexity index is 490. The minimum absolute atomic E-state index is 0.0945. The fourth-order valence-corrected chi connectivity index (χ4v) is 3.76. The predicted octanol–water partition coefficient (Wildman–Crippen LogP) is 2.51. The van der Waals surface area contributed by atoms with Gasteiger partial charge in [-0.2, -0.15) is 4.31 Å². The average molecular weight is 306 g/mol. The maximum Gasteiger partial charge on any atom is 0.244 e. The highest BCUT2D eigenvalue weighted by Crippen LogP contribution is 2.24. The standard InChI is InChI=1S/C13H20ClNO3S/c1-2-3-6-9-15(10-11-16)19(17,18)13-8-5-4-7-12(13)14/h4-5,7-8,16H,2-3,6,9-11H2,1H3. The second-order valence-electron chi connectivity index (χ2n) is 4.27. The van der Waals surface area contributed by atoms with Crippen LogP contribution in [-0.4, -0.2) is 37.5 Å². The number of rotatable bonds is 8. The summed E-state index contributed by atoms with van der Waals surface area (Å²) in [6.45, 7) is 2.36. The number of halogens is 1. The average Bonchev–Trinajstić information content (AvgIpc) is 2.38. The van der Waals surface area contributed by atoms with Gasteiger partial charge in [0.1, 0.15) is 4.90 Å². The molecule has 0 amide bonds. The van der Waals surface area contributed by atoms with E-state index in [0.717, 1.165) is 19.3 Å². The lowest BCUT2D eigenvalue weighted by Crippen LogP contribution is -2.34. The molecule has 0 spiro atoms. The van der Waals surface area contributed by atoms with E-state index in [1.807, 2.05) is 0 Å². The summed E-state index contributed by atoms with van der Waals surface area (Å²) in [6, 6.07) is 6.37. The van der Waals surface area contributed by atoms with Gasteiger partial charge in [0, 0.05) is 13.1 Å². The summed E-state index contributed by atoms with van der Waals surface area (Å²) in [5.74, 6) is 0. The molecule has 1 N–H and O–H groups in total. The molecule has 0 unspecified atom stereocenters. The summed E-state index contributed by atoms with van der Waals surface area (Å²) < 4.78 is 26.2. The summed E-state index contributed by atoms with van der Waals surface area (Å²) >= 11 is 5.95. The van der Waals surface area contributed by atoms with Crippen LogP contribution in [0.4, 0.5) is 0 Å². The van der Waals surface area contributed by atoms with Gasteiger partial charge >= 0.3 is 0 Å². The first-order valence-electron chi connectivity index (χ1n) is 6.39. The van der Waals surface area contributed by atoms with E-state index in [2.05, 4.69) is 6.92 Å². The minimum atomic E-state index is -3.63. The maximum absolute atomic E-state index is 12.5. The molecule has 1 aromatic rings. The zero-order chi connectivity index (χ0) is 14.3. The van der Waals surface area contributed by atoms with Crippen LogP contribution in [-0.2, 0) is 10.0 Å². The van der Waals surface area contributed by atoms with Crippen LogP contribution in [0.15, 0.2) is 29.2 Å². The Morgan fingerprint density at radius 3 is 2.47 bits per heavy atom. The fourth-order valence-electron chi connectivity index (χ4n) is 1.79. The molecule has 6 heteroatoms. The third-order valence-corrected chi connectivity index (χ3v) is 5.21. The molecule has 0 saturated heterocycles. The van der Waals surface area contributed by atoms with Gasteiger partial charge in [-0.25, -0.2) is 8.42 Å². The molecule has 0 fully saturated rings. The molecule has 0 aromatic heterocycles. The number of aliphatic hydroxyl groups excluding tert-OH is 1. The van der Waals surface area contributed by atoms with Gasteiger partial charge in [0.25, 0.3) is 0 Å². The lowest BCUT2D eigenvalue weighted by atomic mass is 10.2. The van der Waals surface area contributed by atoms with Crippen molar-refractivity contribution in [2.45, 2.75) is 31.1 Å². The lowest BCUT2D eigenvalue weighted by Gasteiger charge is -2.21. The Hall–Kier alpha value is -0.620. The summed E-state index contributed by atoms with van der Waals surface area (Å²) in [5, 5.41) is 9.24. The summed E-state index contributed by atoms with van der Waals surface area (Å²) in [5.41, 5.74) is 0. The van der Waals surface area contributed by atoms with Crippen molar-refractivity contribution in [2.24, 2.45) is 0 Å². The molecule has 1 aromatic carbocycles. The fraction of sp³-hybridized carbons (Fsp3) is 0.538. The molecule has 1 rings (SSSR count). The molecule has 0 atom stereocenters. The SMILES string of the molecule is CCCCCN(CCO)S(=O)(=O)c1ccccc1Cl. The molecular weight excluding hydrogens is 286 g/mol. The molecule has 0 radical (unpaired) electrons. The predicted molar refractivity (Wildman–Crippen MR) is 76.8 cm³/mol. The smallest absolute Gasteiger partial charge is 0.244 e. The molecule has 0 bridgehead atoms. The zero-order valence-corrected chi connectivity index (χ0v) is 12.6. The van der Waals surface area contributed by atoms with Crippen LogP contribution in [0.1, 0.15) is 26.2 Å². The summed E-state index contributed by atoms with van der Waals surface area (Å²) in [4.78, 5) is 0.0987. The Morgan fingerprint density at radius 2 is 1.89 bits per heavy atom. The third-order valence-electron chi connectivity index (χ3n) is 2.81. The largest absolute Gasteiger partial charge is 0.395 e. The van der Waals surface area contributed by atoms with Gasteiger partial charge in [-0.3, -0.25) is 0 Å². The van der Waals surface area contributed by atoms with Crippen LogP contribution in [0.5, 0.6) is 0 Å². The molecule has 0 heterocycles. The number of hydrogen-bond acceptors (Lipinski definition) is 3. The molecule has 108 valence electrons. The van der Waals surface area contributed by atoms with E-state index in [9.17, 15) is 8.42 Å². The third kappa shape index (κ3) is 4.45. The van der Waals surface area contributed by atoms with Gasteiger partial charge in [0.05, 0.1) is 11.6 Å². The van der Waals surface area contributed by atoms with Crippen molar-refractivity contribution in [3.8, 4) is 0 Å². The van der Waals surface area contributed by atoms with Crippen LogP contribution < -0.4 is 0 Å². The van der Waals surface area contributed by atoms with Crippen LogP contribution in [0.2, 0.25) is 5.02 Å². The van der Waals surface area contributed by atoms with E-state index in [1.165, 1.54) is 10.4 Å². The van der Waals surface area contributed by atoms with Gasteiger partial charge in [-0.05, 0) is 18.6 Å². The van der Waals surface area contributed by atoms with Gasteiger partial charge in [0.15, 0.2) is 0 Å². The van der Waals surface area contributed by atoms with Gasteiger partial charge < -0.3 is 5.11 Å². The second-order valence-corrected chi connectivity index (χ2v) is 6.58. The van der Waals surface area contributed by atoms with E-state index in [-0.39, 0.29) is 23.1 Å². The molecule has 4 nitrogen and oxygen atoms in total. The van der Waals surface area contributed by atoms with Crippen molar-refractivity contribution < 1.29 is 13.5 Å². The van der Waals surface area contributed by atoms with Crippen LogP contribution in [0.25, 0.3) is 0 Å². The number of unbranched alkanes of at least 4 members (excludes halogenated alkanes) is 2. The van der Waals surface area contributed by atoms with E-state index >= 15 is 0 Å². The second kappa shape index (κ2) is 7.85. The molecule has 0 aliphatic rings. The van der Waals surface area contributed by atoms with E-state index in [1.54, 1.807) is 18.2 Å². The number of benzene rings is 1. The van der Waals surface area contributed by atoms with Gasteiger partial charge in [-0.1, -0.05) is 43.5 Å². The first-order chi connectivity index (χ1) is 9.04. The van der Waals surface area contributed by atoms with E-state index < -0.39 is 10.0 Å². The minimum Gasteiger partial charge on any atom is -0.395 e. The van der Waals surface area contributed by atoms with Crippen molar-refractivity contribution in [2.75, 3.05) is 19.7 Å². The van der Waals surface area contributed by atoms with Crippen molar-refractivity contribution in [1.29, 1.82) is 0 Å². The number of aliphatic hydroxyl groups is 1. The Labute approximate surface area is 120 Å². The lowest BCUT2D eigenvalue weighted by molar-refractivity contribution is 0.252. The van der Waals surface area contributed by atoms with Gasteiger partial charge in [-0.15, -0.1) is 0 Å². The molecule has 0 saturated carbocycles. The van der Waals surface area contributed by atoms with Crippen molar-refractivity contribution >= 4 is 21.6 Å². The Kier molecular flexibility index (Phi) is 6.79. The normalized spacial score (nSPS) is 12.0. The Balaban J connectivity index is 2.96. The van der Waals surface area contributed by atoms with Crippen molar-refractivity contribution in [3.63, 3.8) is 0 Å². The molecule has 0 aliphatic heterocycles. The van der Waals surface area contributed by atoms with E-state index in [0.29, 0.717) is 6.54 Å². The maximum atomic E-state index is 12.5. The number of hydrogen-bond donors (Lipinski definition) is 1. The van der Waals surface area contributed by atoms with Gasteiger partial charge in [0.2, 0.25) is 10.0 Å². The molecular formula is C13H20ClNO3S. The number of nitrogens with zero attached hydrogens (tertiary/aromatic N) is 1. The summed E-state index contributed by atoms with van der Waals surface area (Å²) in [7, 11) is -3.63. The Morgan fingerprint density at radius 1 is 1.21 bits per heavy atom. The molecule has 19 heavy (non-hydrogen) atoms. The van der Waals surface area contributed by atoms with E-state index in [4.69, 9.17) is 16.7 Å². The van der Waals surface area contributed by atoms with Crippen LogP contribution >= 0.6 is 11.6 Å². The quantitative estimate of drug-likeness (QED) is 0.751. The molecule has 0 aliphatic carbocycles. The monoisotopic (exact) mass is 305 g/mol. The highest BCUT2D eigenvalue weighted by molar-refractivity contribution is 7.89. The first kappa shape index (κ1) is 16.4. The van der Waals surface area contributed by atoms with Crippen molar-refractivity contribution in [1.82, 2.24) is 4.31 Å². The highest BCUT2D eigenvalue weighted by atomic mass is 35.5. The summed E-state index contributed by atoms with van der Waals surface area (Å²) in [6.07, 6.45) is 2.75. The zero-order valence-electron chi connectivity index (χ0n) is 11.0. The number of sulfonamides is 1.